The largest absolute Gasteiger partial charge is 0.382 e. The quantitative estimate of drug-likeness (QED) is 0.718. The molecule has 0 spiro atoms. The van der Waals surface area contributed by atoms with Crippen molar-refractivity contribution in [1.29, 1.82) is 0 Å². The fourth-order valence-electron chi connectivity index (χ4n) is 2.00. The Balaban J connectivity index is 1.74. The van der Waals surface area contributed by atoms with Crippen LogP contribution in [0, 0.1) is 0 Å². The number of aryl methyl sites for hydroxylation is 1. The molecule has 5 heteroatoms. The molecule has 0 aliphatic heterocycles. The summed E-state index contributed by atoms with van der Waals surface area (Å²) in [6.07, 6.45) is 4.99. The second kappa shape index (κ2) is 6.51. The van der Waals surface area contributed by atoms with Crippen LogP contribution in [-0.4, -0.2) is 43.4 Å². The van der Waals surface area contributed by atoms with Crippen LogP contribution < -0.4 is 5.32 Å². The van der Waals surface area contributed by atoms with Gasteiger partial charge in [0.05, 0.1) is 19.8 Å². The molecule has 2 rings (SSSR count). The van der Waals surface area contributed by atoms with Gasteiger partial charge in [-0.1, -0.05) is 0 Å². The molecule has 5 nitrogen and oxygen atoms in total. The fraction of sp³-hybridized carbons (Fsp3) is 0.667. The molecule has 0 saturated heterocycles. The van der Waals surface area contributed by atoms with E-state index in [9.17, 15) is 0 Å². The Bertz CT molecular complexity index is 358. The predicted molar refractivity (Wildman–Crippen MR) is 65.2 cm³/mol. The van der Waals surface area contributed by atoms with Gasteiger partial charge in [-0.25, -0.2) is 9.97 Å². The summed E-state index contributed by atoms with van der Waals surface area (Å²) in [6, 6.07) is 0. The van der Waals surface area contributed by atoms with Crippen LogP contribution in [0.3, 0.4) is 0 Å². The van der Waals surface area contributed by atoms with E-state index in [1.54, 1.807) is 13.4 Å². The average Bonchev–Trinajstić information content (AvgIpc) is 2.82. The van der Waals surface area contributed by atoms with Crippen LogP contribution in [0.15, 0.2) is 6.33 Å². The van der Waals surface area contributed by atoms with Crippen molar-refractivity contribution >= 4 is 5.82 Å². The van der Waals surface area contributed by atoms with E-state index < -0.39 is 0 Å². The zero-order valence-corrected chi connectivity index (χ0v) is 10.2. The van der Waals surface area contributed by atoms with E-state index in [1.165, 1.54) is 17.7 Å². The first-order valence-corrected chi connectivity index (χ1v) is 6.05. The topological polar surface area (TPSA) is 56.3 Å². The molecule has 0 aromatic carbocycles. The summed E-state index contributed by atoms with van der Waals surface area (Å²) in [5, 5.41) is 3.30. The van der Waals surface area contributed by atoms with Crippen molar-refractivity contribution in [3.63, 3.8) is 0 Å². The van der Waals surface area contributed by atoms with Crippen molar-refractivity contribution in [3.05, 3.63) is 17.6 Å². The van der Waals surface area contributed by atoms with Gasteiger partial charge in [-0.05, 0) is 19.3 Å². The summed E-state index contributed by atoms with van der Waals surface area (Å²) in [4.78, 5) is 8.57. The first-order valence-electron chi connectivity index (χ1n) is 6.05. The van der Waals surface area contributed by atoms with Gasteiger partial charge in [0.25, 0.3) is 0 Å². The molecule has 1 aliphatic rings. The second-order valence-corrected chi connectivity index (χ2v) is 4.03. The monoisotopic (exact) mass is 237 g/mol. The number of rotatable bonds is 7. The second-order valence-electron chi connectivity index (χ2n) is 4.03. The molecule has 1 aliphatic carbocycles. The highest BCUT2D eigenvalue weighted by Gasteiger charge is 2.16. The molecule has 1 heterocycles. The number of methoxy groups -OCH3 is 1. The lowest BCUT2D eigenvalue weighted by Gasteiger charge is -2.09. The Hall–Kier alpha value is -1.20. The normalized spacial score (nSPS) is 13.7. The summed E-state index contributed by atoms with van der Waals surface area (Å²) in [5.74, 6) is 0.975. The number of nitrogens with zero attached hydrogens (tertiary/aromatic N) is 2. The highest BCUT2D eigenvalue weighted by atomic mass is 16.5. The van der Waals surface area contributed by atoms with Crippen molar-refractivity contribution in [3.8, 4) is 0 Å². The smallest absolute Gasteiger partial charge is 0.132 e. The maximum atomic E-state index is 5.38. The predicted octanol–water partition coefficient (Wildman–Crippen LogP) is 1.04. The lowest BCUT2D eigenvalue weighted by Crippen LogP contribution is -2.14. The van der Waals surface area contributed by atoms with Crippen molar-refractivity contribution in [2.24, 2.45) is 0 Å². The third kappa shape index (κ3) is 3.38. The van der Waals surface area contributed by atoms with Crippen molar-refractivity contribution in [2.45, 2.75) is 19.3 Å². The van der Waals surface area contributed by atoms with Gasteiger partial charge in [-0.15, -0.1) is 0 Å². The van der Waals surface area contributed by atoms with E-state index in [-0.39, 0.29) is 0 Å². The molecule has 0 unspecified atom stereocenters. The number of fused-ring (bicyclic) bond motifs is 1. The third-order valence-corrected chi connectivity index (χ3v) is 2.85. The van der Waals surface area contributed by atoms with Gasteiger partial charge in [0.15, 0.2) is 0 Å². The van der Waals surface area contributed by atoms with Gasteiger partial charge in [0.1, 0.15) is 12.1 Å². The maximum Gasteiger partial charge on any atom is 0.132 e. The standard InChI is InChI=1S/C12H19N3O2/c1-16-7-8-17-6-5-13-12-10-3-2-4-11(10)14-9-15-12/h9H,2-8H2,1H3,(H,13,14,15). The summed E-state index contributed by atoms with van der Waals surface area (Å²) in [5.41, 5.74) is 2.48. The summed E-state index contributed by atoms with van der Waals surface area (Å²) < 4.78 is 10.3. The van der Waals surface area contributed by atoms with Gasteiger partial charge in [0.2, 0.25) is 0 Å². The lowest BCUT2D eigenvalue weighted by molar-refractivity contribution is 0.0759. The fourth-order valence-corrected chi connectivity index (χ4v) is 2.00. The van der Waals surface area contributed by atoms with Crippen LogP contribution in [0.4, 0.5) is 5.82 Å². The molecule has 0 atom stereocenters. The number of aromatic nitrogens is 2. The van der Waals surface area contributed by atoms with Crippen molar-refractivity contribution < 1.29 is 9.47 Å². The lowest BCUT2D eigenvalue weighted by atomic mass is 10.2. The van der Waals surface area contributed by atoms with Crippen LogP contribution in [0.1, 0.15) is 17.7 Å². The highest BCUT2D eigenvalue weighted by Crippen LogP contribution is 2.24. The Morgan fingerprint density at radius 2 is 2.18 bits per heavy atom. The van der Waals surface area contributed by atoms with E-state index in [1.807, 2.05) is 0 Å². The first kappa shape index (κ1) is 12.3. The minimum atomic E-state index is 0.639. The Labute approximate surface area is 102 Å². The first-order chi connectivity index (χ1) is 8.42. The Morgan fingerprint density at radius 1 is 1.24 bits per heavy atom. The van der Waals surface area contributed by atoms with Gasteiger partial charge in [-0.3, -0.25) is 0 Å². The van der Waals surface area contributed by atoms with E-state index in [0.717, 1.165) is 25.2 Å². The summed E-state index contributed by atoms with van der Waals surface area (Å²) in [6.45, 7) is 2.72. The third-order valence-electron chi connectivity index (χ3n) is 2.85. The Kier molecular flexibility index (Phi) is 4.70. The van der Waals surface area contributed by atoms with Crippen LogP contribution >= 0.6 is 0 Å². The zero-order chi connectivity index (χ0) is 11.9. The van der Waals surface area contributed by atoms with Crippen molar-refractivity contribution in [2.75, 3.05) is 38.8 Å². The zero-order valence-electron chi connectivity index (χ0n) is 10.2. The number of hydrogen-bond donors (Lipinski definition) is 1. The highest BCUT2D eigenvalue weighted by molar-refractivity contribution is 5.47. The van der Waals surface area contributed by atoms with Gasteiger partial charge in [0, 0.05) is 24.9 Å². The van der Waals surface area contributed by atoms with E-state index >= 15 is 0 Å². The minimum Gasteiger partial charge on any atom is -0.382 e. The molecule has 1 aromatic heterocycles. The Morgan fingerprint density at radius 3 is 3.06 bits per heavy atom. The molecule has 0 saturated carbocycles. The van der Waals surface area contributed by atoms with Gasteiger partial charge >= 0.3 is 0 Å². The van der Waals surface area contributed by atoms with E-state index in [2.05, 4.69) is 15.3 Å². The van der Waals surface area contributed by atoms with Gasteiger partial charge in [-0.2, -0.15) is 0 Å². The molecular formula is C12H19N3O2. The van der Waals surface area contributed by atoms with E-state index in [0.29, 0.717) is 19.8 Å². The number of ether oxygens (including phenoxy) is 2. The maximum absolute atomic E-state index is 5.38. The number of anilines is 1. The molecular weight excluding hydrogens is 218 g/mol. The minimum absolute atomic E-state index is 0.639. The van der Waals surface area contributed by atoms with Crippen LogP contribution in [0.25, 0.3) is 0 Å². The molecule has 0 bridgehead atoms. The average molecular weight is 237 g/mol. The summed E-state index contributed by atoms with van der Waals surface area (Å²) in [7, 11) is 1.67. The molecule has 17 heavy (non-hydrogen) atoms. The van der Waals surface area contributed by atoms with Crippen LogP contribution in [0.2, 0.25) is 0 Å². The molecule has 1 N–H and O–H groups in total. The van der Waals surface area contributed by atoms with E-state index in [4.69, 9.17) is 9.47 Å². The molecule has 1 aromatic rings. The SMILES string of the molecule is COCCOCCNc1ncnc2c1CCC2. The van der Waals surface area contributed by atoms with Crippen LogP contribution in [-0.2, 0) is 22.3 Å². The number of hydrogen-bond acceptors (Lipinski definition) is 5. The van der Waals surface area contributed by atoms with Crippen LogP contribution in [0.5, 0.6) is 0 Å². The van der Waals surface area contributed by atoms with Gasteiger partial charge < -0.3 is 14.8 Å². The molecule has 0 fully saturated rings. The molecule has 94 valence electrons. The summed E-state index contributed by atoms with van der Waals surface area (Å²) >= 11 is 0. The number of nitrogens with one attached hydrogen (secondary N) is 1. The molecule has 0 amide bonds. The molecule has 0 radical (unpaired) electrons. The van der Waals surface area contributed by atoms with Crippen molar-refractivity contribution in [1.82, 2.24) is 9.97 Å².